The Kier molecular flexibility index (Phi) is 4.80. The van der Waals surface area contributed by atoms with Gasteiger partial charge < -0.3 is 14.8 Å². The molecule has 0 aliphatic heterocycles. The first-order chi connectivity index (χ1) is 13.5. The van der Waals surface area contributed by atoms with Crippen molar-refractivity contribution in [3.8, 4) is 22.8 Å². The molecular formula is C23H18ClNO3. The molecule has 0 atom stereocenters. The maximum absolute atomic E-state index is 11.5. The highest BCUT2D eigenvalue weighted by Gasteiger charge is 2.19. The van der Waals surface area contributed by atoms with E-state index < -0.39 is 5.97 Å². The molecule has 0 amide bonds. The van der Waals surface area contributed by atoms with E-state index in [1.54, 1.807) is 6.07 Å². The van der Waals surface area contributed by atoms with E-state index in [0.29, 0.717) is 16.3 Å². The van der Waals surface area contributed by atoms with E-state index in [-0.39, 0.29) is 6.42 Å². The number of aromatic nitrogens is 1. The maximum Gasteiger partial charge on any atom is 0.307 e. The van der Waals surface area contributed by atoms with Crippen molar-refractivity contribution in [3.63, 3.8) is 0 Å². The Morgan fingerprint density at radius 2 is 1.79 bits per heavy atom. The van der Waals surface area contributed by atoms with Gasteiger partial charge in [-0.15, -0.1) is 0 Å². The number of ether oxygens (including phenoxy) is 1. The highest BCUT2D eigenvalue weighted by atomic mass is 35.5. The van der Waals surface area contributed by atoms with Gasteiger partial charge in [0.05, 0.1) is 22.7 Å². The molecule has 0 bridgehead atoms. The van der Waals surface area contributed by atoms with Gasteiger partial charge in [0.1, 0.15) is 11.5 Å². The van der Waals surface area contributed by atoms with Crippen LogP contribution in [0.1, 0.15) is 11.1 Å². The molecule has 0 radical (unpaired) electrons. The number of H-pyrrole nitrogens is 1. The van der Waals surface area contributed by atoms with Crippen molar-refractivity contribution in [1.29, 1.82) is 0 Å². The molecule has 0 saturated carbocycles. The quantitative estimate of drug-likeness (QED) is 0.424. The van der Waals surface area contributed by atoms with E-state index in [0.717, 1.165) is 33.5 Å². The fourth-order valence-electron chi connectivity index (χ4n) is 3.38. The Morgan fingerprint density at radius 3 is 2.54 bits per heavy atom. The van der Waals surface area contributed by atoms with Crippen LogP contribution in [0.5, 0.6) is 11.5 Å². The summed E-state index contributed by atoms with van der Waals surface area (Å²) >= 11 is 6.42. The van der Waals surface area contributed by atoms with E-state index in [1.165, 1.54) is 0 Å². The Labute approximate surface area is 167 Å². The Bertz CT molecular complexity index is 1170. The molecule has 0 saturated heterocycles. The molecule has 3 aromatic carbocycles. The van der Waals surface area contributed by atoms with Crippen LogP contribution in [-0.2, 0) is 11.2 Å². The lowest BCUT2D eigenvalue weighted by Crippen LogP contribution is -2.01. The highest BCUT2D eigenvalue weighted by molar-refractivity contribution is 6.36. The molecule has 4 aromatic rings. The topological polar surface area (TPSA) is 62.3 Å². The van der Waals surface area contributed by atoms with Gasteiger partial charge in [-0.05, 0) is 48.4 Å². The predicted octanol–water partition coefficient (Wildman–Crippen LogP) is 6.22. The normalized spacial score (nSPS) is 10.9. The second-order valence-corrected chi connectivity index (χ2v) is 7.01. The third kappa shape index (κ3) is 3.47. The molecule has 1 aromatic heterocycles. The summed E-state index contributed by atoms with van der Waals surface area (Å²) in [6, 6.07) is 20.8. The molecule has 140 valence electrons. The summed E-state index contributed by atoms with van der Waals surface area (Å²) in [5.74, 6) is 0.504. The number of aryl methyl sites for hydroxylation is 1. The first-order valence-electron chi connectivity index (χ1n) is 8.87. The molecule has 0 aliphatic rings. The number of benzene rings is 3. The summed E-state index contributed by atoms with van der Waals surface area (Å²) in [5, 5.41) is 10.7. The molecule has 0 unspecified atom stereocenters. The van der Waals surface area contributed by atoms with Crippen molar-refractivity contribution >= 4 is 28.5 Å². The lowest BCUT2D eigenvalue weighted by Gasteiger charge is -2.08. The Balaban J connectivity index is 1.85. The average molecular weight is 392 g/mol. The Morgan fingerprint density at radius 1 is 1.04 bits per heavy atom. The first-order valence-corrected chi connectivity index (χ1v) is 9.25. The third-order valence-electron chi connectivity index (χ3n) is 4.65. The fourth-order valence-corrected chi connectivity index (χ4v) is 3.65. The first kappa shape index (κ1) is 18.1. The second kappa shape index (κ2) is 7.41. The average Bonchev–Trinajstić information content (AvgIpc) is 3.06. The summed E-state index contributed by atoms with van der Waals surface area (Å²) < 4.78 is 5.93. The van der Waals surface area contributed by atoms with Crippen LogP contribution in [0.15, 0.2) is 66.7 Å². The van der Waals surface area contributed by atoms with Gasteiger partial charge in [0.25, 0.3) is 0 Å². The lowest BCUT2D eigenvalue weighted by molar-refractivity contribution is -0.136. The molecule has 1 heterocycles. The van der Waals surface area contributed by atoms with Crippen molar-refractivity contribution in [1.82, 2.24) is 4.98 Å². The van der Waals surface area contributed by atoms with E-state index in [1.807, 2.05) is 67.6 Å². The molecular weight excluding hydrogens is 374 g/mol. The van der Waals surface area contributed by atoms with Gasteiger partial charge in [-0.2, -0.15) is 0 Å². The number of aromatic amines is 1. The van der Waals surface area contributed by atoms with Crippen LogP contribution in [0.2, 0.25) is 5.02 Å². The van der Waals surface area contributed by atoms with Crippen molar-refractivity contribution < 1.29 is 14.6 Å². The van der Waals surface area contributed by atoms with Crippen molar-refractivity contribution in [2.45, 2.75) is 13.3 Å². The van der Waals surface area contributed by atoms with Crippen molar-refractivity contribution in [2.75, 3.05) is 0 Å². The molecule has 28 heavy (non-hydrogen) atoms. The number of rotatable bonds is 5. The SMILES string of the molecule is Cc1ccc(Cl)c2c(CC(=O)O)c(-c3cccc(Oc4ccccc4)c3)[nH]c12. The number of nitrogens with one attached hydrogen (secondary N) is 1. The summed E-state index contributed by atoms with van der Waals surface area (Å²) in [6.07, 6.45) is -0.123. The van der Waals surface area contributed by atoms with Crippen LogP contribution in [0.4, 0.5) is 0 Å². The molecule has 0 aliphatic carbocycles. The van der Waals surface area contributed by atoms with Crippen LogP contribution in [-0.4, -0.2) is 16.1 Å². The van der Waals surface area contributed by atoms with E-state index in [2.05, 4.69) is 4.98 Å². The molecule has 2 N–H and O–H groups in total. The van der Waals surface area contributed by atoms with E-state index in [9.17, 15) is 9.90 Å². The second-order valence-electron chi connectivity index (χ2n) is 6.61. The zero-order valence-corrected chi connectivity index (χ0v) is 16.0. The van der Waals surface area contributed by atoms with Crippen molar-refractivity contribution in [3.05, 3.63) is 82.9 Å². The molecule has 0 fully saturated rings. The van der Waals surface area contributed by atoms with Gasteiger partial charge in [0.15, 0.2) is 0 Å². The molecule has 5 heteroatoms. The lowest BCUT2D eigenvalue weighted by atomic mass is 10.0. The minimum atomic E-state index is -0.906. The highest BCUT2D eigenvalue weighted by Crippen LogP contribution is 2.37. The molecule has 0 spiro atoms. The van der Waals surface area contributed by atoms with Crippen LogP contribution in [0.25, 0.3) is 22.2 Å². The van der Waals surface area contributed by atoms with Gasteiger partial charge in [-0.25, -0.2) is 0 Å². The maximum atomic E-state index is 11.5. The fraction of sp³-hybridized carbons (Fsp3) is 0.0870. The summed E-state index contributed by atoms with van der Waals surface area (Å²) in [7, 11) is 0. The zero-order chi connectivity index (χ0) is 19.7. The Hall–Kier alpha value is -3.24. The van der Waals surface area contributed by atoms with E-state index in [4.69, 9.17) is 16.3 Å². The largest absolute Gasteiger partial charge is 0.481 e. The monoisotopic (exact) mass is 391 g/mol. The standard InChI is InChI=1S/C23H18ClNO3/c1-14-10-11-19(24)21-18(13-20(26)27)23(25-22(14)21)15-6-5-9-17(12-15)28-16-7-3-2-4-8-16/h2-12,25H,13H2,1H3,(H,26,27). The number of carboxylic acids is 1. The number of fused-ring (bicyclic) bond motifs is 1. The van der Waals surface area contributed by atoms with Gasteiger partial charge in [-0.3, -0.25) is 4.79 Å². The number of carbonyl (C=O) groups is 1. The number of carboxylic acid groups (broad SMARTS) is 1. The summed E-state index contributed by atoms with van der Waals surface area (Å²) in [6.45, 7) is 1.97. The van der Waals surface area contributed by atoms with Crippen LogP contribution in [0.3, 0.4) is 0 Å². The number of hydrogen-bond donors (Lipinski definition) is 2. The van der Waals surface area contributed by atoms with E-state index >= 15 is 0 Å². The van der Waals surface area contributed by atoms with Crippen molar-refractivity contribution in [2.24, 2.45) is 0 Å². The number of para-hydroxylation sites is 1. The van der Waals surface area contributed by atoms with Gasteiger partial charge in [-0.1, -0.05) is 48.0 Å². The summed E-state index contributed by atoms with van der Waals surface area (Å²) in [4.78, 5) is 14.9. The smallest absolute Gasteiger partial charge is 0.307 e. The molecule has 4 rings (SSSR count). The molecule has 4 nitrogen and oxygen atoms in total. The number of halogens is 1. The van der Waals surface area contributed by atoms with Crippen LogP contribution in [0, 0.1) is 6.92 Å². The number of aliphatic carboxylic acids is 1. The minimum Gasteiger partial charge on any atom is -0.481 e. The van der Waals surface area contributed by atoms with Gasteiger partial charge in [0, 0.05) is 10.9 Å². The van der Waals surface area contributed by atoms with Gasteiger partial charge in [0.2, 0.25) is 0 Å². The minimum absolute atomic E-state index is 0.123. The van der Waals surface area contributed by atoms with Gasteiger partial charge >= 0.3 is 5.97 Å². The zero-order valence-electron chi connectivity index (χ0n) is 15.2. The third-order valence-corrected chi connectivity index (χ3v) is 4.96. The number of hydrogen-bond acceptors (Lipinski definition) is 2. The van der Waals surface area contributed by atoms with Crippen LogP contribution < -0.4 is 4.74 Å². The van der Waals surface area contributed by atoms with Crippen LogP contribution >= 0.6 is 11.6 Å². The predicted molar refractivity (Wildman–Crippen MR) is 111 cm³/mol. The summed E-state index contributed by atoms with van der Waals surface area (Å²) in [5.41, 5.74) is 4.12.